The molecule has 0 amide bonds. The Morgan fingerprint density at radius 1 is 1.40 bits per heavy atom. The summed E-state index contributed by atoms with van der Waals surface area (Å²) in [4.78, 5) is 15.1. The molecule has 0 spiro atoms. The van der Waals surface area contributed by atoms with Crippen LogP contribution in [0.15, 0.2) is 30.3 Å². The average Bonchev–Trinajstić information content (AvgIpc) is 2.38. The molecule has 20 heavy (non-hydrogen) atoms. The Labute approximate surface area is 113 Å². The molecule has 1 aromatic carbocycles. The van der Waals surface area contributed by atoms with Crippen LogP contribution in [-0.4, -0.2) is 16.1 Å². The third-order valence-electron chi connectivity index (χ3n) is 2.52. The predicted octanol–water partition coefficient (Wildman–Crippen LogP) is 2.89. The minimum Gasteiger partial charge on any atom is -0.477 e. The summed E-state index contributed by atoms with van der Waals surface area (Å²) in [6.07, 6.45) is 0. The van der Waals surface area contributed by atoms with Gasteiger partial charge < -0.3 is 9.84 Å². The fourth-order valence-electron chi connectivity index (χ4n) is 1.60. The molecule has 1 N–H and O–H groups in total. The monoisotopic (exact) mass is 272 g/mol. The number of halogens is 1. The Hall–Kier alpha value is -2.94. The number of rotatable bonds is 3. The normalized spacial score (nSPS) is 9.85. The number of benzene rings is 1. The van der Waals surface area contributed by atoms with Gasteiger partial charge in [-0.1, -0.05) is 6.07 Å². The van der Waals surface area contributed by atoms with Crippen LogP contribution in [0, 0.1) is 24.1 Å². The Kier molecular flexibility index (Phi) is 3.62. The third-order valence-corrected chi connectivity index (χ3v) is 2.52. The summed E-state index contributed by atoms with van der Waals surface area (Å²) < 4.78 is 18.8. The molecule has 0 aliphatic carbocycles. The number of hydrogen-bond donors (Lipinski definition) is 1. The van der Waals surface area contributed by atoms with Gasteiger partial charge in [-0.15, -0.1) is 0 Å². The zero-order valence-electron chi connectivity index (χ0n) is 10.4. The van der Waals surface area contributed by atoms with Crippen molar-refractivity contribution in [2.24, 2.45) is 0 Å². The maximum absolute atomic E-state index is 13.5. The topological polar surface area (TPSA) is 83.2 Å². The summed E-state index contributed by atoms with van der Waals surface area (Å²) in [6.45, 7) is 1.69. The summed E-state index contributed by atoms with van der Waals surface area (Å²) >= 11 is 0. The Bertz CT molecular complexity index is 723. The second kappa shape index (κ2) is 5.36. The molecule has 0 aliphatic rings. The van der Waals surface area contributed by atoms with Crippen LogP contribution in [0.5, 0.6) is 11.6 Å². The molecule has 6 heteroatoms. The van der Waals surface area contributed by atoms with Gasteiger partial charge in [0.05, 0.1) is 0 Å². The number of aryl methyl sites for hydroxylation is 1. The first-order valence-corrected chi connectivity index (χ1v) is 5.60. The standard InChI is InChI=1S/C14H9FN2O3/c1-8-5-6-9(7-16)13(17-8)20-11-4-2-3-10(15)12(11)14(18)19/h2-6H,1H3,(H,18,19). The van der Waals surface area contributed by atoms with Crippen LogP contribution in [0.4, 0.5) is 4.39 Å². The van der Waals surface area contributed by atoms with Gasteiger partial charge in [-0.2, -0.15) is 5.26 Å². The maximum Gasteiger partial charge on any atom is 0.342 e. The number of aromatic nitrogens is 1. The molecule has 2 aromatic rings. The number of carbonyl (C=O) groups is 1. The van der Waals surface area contributed by atoms with Crippen molar-refractivity contribution in [1.82, 2.24) is 4.98 Å². The quantitative estimate of drug-likeness (QED) is 0.928. The third kappa shape index (κ3) is 2.57. The Morgan fingerprint density at radius 3 is 2.80 bits per heavy atom. The van der Waals surface area contributed by atoms with Crippen molar-refractivity contribution in [1.29, 1.82) is 5.26 Å². The van der Waals surface area contributed by atoms with Gasteiger partial charge >= 0.3 is 5.97 Å². The second-order valence-corrected chi connectivity index (χ2v) is 3.94. The van der Waals surface area contributed by atoms with E-state index in [2.05, 4.69) is 4.98 Å². The van der Waals surface area contributed by atoms with Crippen molar-refractivity contribution < 1.29 is 19.0 Å². The summed E-state index contributed by atoms with van der Waals surface area (Å²) in [5.41, 5.74) is 0.128. The van der Waals surface area contributed by atoms with Gasteiger partial charge in [-0.05, 0) is 31.2 Å². The minimum atomic E-state index is -1.45. The van der Waals surface area contributed by atoms with E-state index >= 15 is 0 Å². The molecule has 100 valence electrons. The predicted molar refractivity (Wildman–Crippen MR) is 67.1 cm³/mol. The number of nitrogens with zero attached hydrogens (tertiary/aromatic N) is 2. The molecule has 0 bridgehead atoms. The molecule has 1 heterocycles. The summed E-state index contributed by atoms with van der Waals surface area (Å²) in [5.74, 6) is -2.63. The largest absolute Gasteiger partial charge is 0.477 e. The number of aromatic carboxylic acids is 1. The van der Waals surface area contributed by atoms with E-state index in [1.54, 1.807) is 13.0 Å². The van der Waals surface area contributed by atoms with E-state index in [9.17, 15) is 9.18 Å². The SMILES string of the molecule is Cc1ccc(C#N)c(Oc2cccc(F)c2C(=O)O)n1. The number of nitriles is 1. The summed E-state index contributed by atoms with van der Waals surface area (Å²) in [6, 6.07) is 8.64. The van der Waals surface area contributed by atoms with Crippen LogP contribution >= 0.6 is 0 Å². The van der Waals surface area contributed by atoms with Crippen molar-refractivity contribution in [3.8, 4) is 17.7 Å². The fraction of sp³-hybridized carbons (Fsp3) is 0.0714. The van der Waals surface area contributed by atoms with Gasteiger partial charge in [0.2, 0.25) is 5.88 Å². The van der Waals surface area contributed by atoms with Crippen LogP contribution < -0.4 is 4.74 Å². The number of hydrogen-bond acceptors (Lipinski definition) is 4. The highest BCUT2D eigenvalue weighted by atomic mass is 19.1. The molecule has 0 radical (unpaired) electrons. The lowest BCUT2D eigenvalue weighted by Crippen LogP contribution is -2.04. The van der Waals surface area contributed by atoms with Crippen molar-refractivity contribution in [2.45, 2.75) is 6.92 Å². The summed E-state index contributed by atoms with van der Waals surface area (Å²) in [7, 11) is 0. The number of carboxylic acid groups (broad SMARTS) is 1. The molecule has 2 rings (SSSR count). The molecule has 0 saturated carbocycles. The Balaban J connectivity index is 2.51. The first-order valence-electron chi connectivity index (χ1n) is 5.60. The second-order valence-electron chi connectivity index (χ2n) is 3.94. The minimum absolute atomic E-state index is 0.0550. The molecule has 5 nitrogen and oxygen atoms in total. The van der Waals surface area contributed by atoms with E-state index in [-0.39, 0.29) is 17.2 Å². The van der Waals surface area contributed by atoms with E-state index in [0.717, 1.165) is 6.07 Å². The van der Waals surface area contributed by atoms with Crippen LogP contribution in [0.2, 0.25) is 0 Å². The number of ether oxygens (including phenoxy) is 1. The molecule has 0 aliphatic heterocycles. The maximum atomic E-state index is 13.5. The molecular weight excluding hydrogens is 263 g/mol. The van der Waals surface area contributed by atoms with Gasteiger partial charge in [-0.3, -0.25) is 0 Å². The lowest BCUT2D eigenvalue weighted by molar-refractivity contribution is 0.0689. The van der Waals surface area contributed by atoms with Gasteiger partial charge in [0.1, 0.15) is 28.8 Å². The molecular formula is C14H9FN2O3. The smallest absolute Gasteiger partial charge is 0.342 e. The molecule has 0 unspecified atom stereocenters. The molecule has 0 fully saturated rings. The van der Waals surface area contributed by atoms with Gasteiger partial charge in [0.15, 0.2) is 0 Å². The van der Waals surface area contributed by atoms with Crippen LogP contribution in [0.1, 0.15) is 21.6 Å². The van der Waals surface area contributed by atoms with Crippen LogP contribution in [0.25, 0.3) is 0 Å². The van der Waals surface area contributed by atoms with Gasteiger partial charge in [0.25, 0.3) is 0 Å². The van der Waals surface area contributed by atoms with Crippen molar-refractivity contribution in [2.75, 3.05) is 0 Å². The molecule has 0 atom stereocenters. The summed E-state index contributed by atoms with van der Waals surface area (Å²) in [5, 5.41) is 18.0. The Morgan fingerprint density at radius 2 is 2.15 bits per heavy atom. The highest BCUT2D eigenvalue weighted by molar-refractivity contribution is 5.91. The van der Waals surface area contributed by atoms with Crippen LogP contribution in [-0.2, 0) is 0 Å². The van der Waals surface area contributed by atoms with Crippen LogP contribution in [0.3, 0.4) is 0 Å². The zero-order chi connectivity index (χ0) is 14.7. The number of pyridine rings is 1. The van der Waals surface area contributed by atoms with Crippen molar-refractivity contribution >= 4 is 5.97 Å². The first kappa shape index (κ1) is 13.5. The first-order chi connectivity index (χ1) is 9.52. The van der Waals surface area contributed by atoms with Gasteiger partial charge in [-0.25, -0.2) is 14.2 Å². The van der Waals surface area contributed by atoms with Crippen molar-refractivity contribution in [3.05, 3.63) is 53.0 Å². The highest BCUT2D eigenvalue weighted by Crippen LogP contribution is 2.28. The van der Waals surface area contributed by atoms with E-state index < -0.39 is 17.3 Å². The highest BCUT2D eigenvalue weighted by Gasteiger charge is 2.19. The number of carboxylic acids is 1. The van der Waals surface area contributed by atoms with E-state index in [1.165, 1.54) is 18.2 Å². The van der Waals surface area contributed by atoms with E-state index in [4.69, 9.17) is 15.1 Å². The fourth-order valence-corrected chi connectivity index (χ4v) is 1.60. The lowest BCUT2D eigenvalue weighted by atomic mass is 10.2. The van der Waals surface area contributed by atoms with E-state index in [1.807, 2.05) is 6.07 Å². The van der Waals surface area contributed by atoms with Gasteiger partial charge in [0, 0.05) is 5.69 Å². The average molecular weight is 272 g/mol. The molecule has 1 aromatic heterocycles. The zero-order valence-corrected chi connectivity index (χ0v) is 10.4. The van der Waals surface area contributed by atoms with Crippen molar-refractivity contribution in [3.63, 3.8) is 0 Å². The van der Waals surface area contributed by atoms with E-state index in [0.29, 0.717) is 5.69 Å². The lowest BCUT2D eigenvalue weighted by Gasteiger charge is -2.10. The molecule has 0 saturated heterocycles.